The van der Waals surface area contributed by atoms with Crippen molar-refractivity contribution in [3.8, 4) is 11.5 Å². The lowest BCUT2D eigenvalue weighted by Crippen LogP contribution is -2.45. The number of phenols is 2. The van der Waals surface area contributed by atoms with E-state index in [2.05, 4.69) is 22.2 Å². The van der Waals surface area contributed by atoms with Crippen LogP contribution in [0.2, 0.25) is 10.0 Å². The van der Waals surface area contributed by atoms with Crippen molar-refractivity contribution in [1.82, 2.24) is 10.3 Å². The Balaban J connectivity index is 0. The van der Waals surface area contributed by atoms with Gasteiger partial charge >= 0.3 is 0 Å². The zero-order valence-electron chi connectivity index (χ0n) is 19.8. The monoisotopic (exact) mass is 590 g/mol. The van der Waals surface area contributed by atoms with Gasteiger partial charge in [-0.15, -0.1) is 24.8 Å². The van der Waals surface area contributed by atoms with Crippen molar-refractivity contribution in [3.05, 3.63) is 94.2 Å². The van der Waals surface area contributed by atoms with Gasteiger partial charge < -0.3 is 26.6 Å². The van der Waals surface area contributed by atoms with E-state index in [0.29, 0.717) is 5.82 Å². The summed E-state index contributed by atoms with van der Waals surface area (Å²) < 4.78 is 0. The van der Waals surface area contributed by atoms with E-state index in [4.69, 9.17) is 28.9 Å². The minimum atomic E-state index is -0.993. The average Bonchev–Trinajstić information content (AvgIpc) is 2.86. The van der Waals surface area contributed by atoms with E-state index in [1.165, 1.54) is 6.20 Å². The van der Waals surface area contributed by atoms with Gasteiger partial charge in [0.15, 0.2) is 11.5 Å². The number of benzene rings is 2. The van der Waals surface area contributed by atoms with Gasteiger partial charge in [0, 0.05) is 19.7 Å². The maximum atomic E-state index is 12.8. The number of hydrogen-bond acceptors (Lipinski definition) is 6. The van der Waals surface area contributed by atoms with Gasteiger partial charge in [0.1, 0.15) is 16.9 Å². The Morgan fingerprint density at radius 1 is 1.08 bits per heavy atom. The van der Waals surface area contributed by atoms with E-state index in [9.17, 15) is 19.8 Å². The third-order valence-corrected chi connectivity index (χ3v) is 5.33. The first kappa shape index (κ1) is 33.8. The zero-order valence-corrected chi connectivity index (χ0v) is 22.9. The first-order chi connectivity index (χ1) is 16.6. The van der Waals surface area contributed by atoms with E-state index < -0.39 is 34.4 Å². The number of halogens is 4. The second-order valence-electron chi connectivity index (χ2n) is 7.35. The molecule has 8 nitrogen and oxygen atoms in total. The molecular weight excluding hydrogens is 562 g/mol. The molecule has 37 heavy (non-hydrogen) atoms. The Morgan fingerprint density at radius 3 is 2.22 bits per heavy atom. The number of anilines is 1. The number of amides is 2. The van der Waals surface area contributed by atoms with Gasteiger partial charge in [0.05, 0.1) is 10.6 Å². The van der Waals surface area contributed by atoms with Crippen LogP contribution in [-0.4, -0.2) is 33.1 Å². The van der Waals surface area contributed by atoms with Crippen LogP contribution in [-0.2, 0) is 11.2 Å². The number of rotatable bonds is 7. The summed E-state index contributed by atoms with van der Waals surface area (Å²) >= 11 is 11.7. The summed E-state index contributed by atoms with van der Waals surface area (Å²) in [4.78, 5) is 29.7. The zero-order chi connectivity index (χ0) is 26.0. The lowest BCUT2D eigenvalue weighted by atomic mass is 10.0. The second-order valence-corrected chi connectivity index (χ2v) is 8.13. The molecule has 0 radical (unpaired) electrons. The van der Waals surface area contributed by atoms with Crippen LogP contribution in [0.15, 0.2) is 73.1 Å². The van der Waals surface area contributed by atoms with Crippen molar-refractivity contribution in [1.29, 1.82) is 0 Å². The van der Waals surface area contributed by atoms with Crippen LogP contribution in [0.3, 0.4) is 0 Å². The first-order valence-electron chi connectivity index (χ1n) is 10.5. The van der Waals surface area contributed by atoms with Gasteiger partial charge in [-0.3, -0.25) is 9.59 Å². The van der Waals surface area contributed by atoms with Crippen LogP contribution in [0.4, 0.5) is 5.82 Å². The summed E-state index contributed by atoms with van der Waals surface area (Å²) in [5, 5.41) is 24.4. The molecule has 0 aliphatic carbocycles. The fourth-order valence-corrected chi connectivity index (χ4v) is 3.17. The number of hydrogen-bond donors (Lipinski definition) is 5. The molecule has 202 valence electrons. The van der Waals surface area contributed by atoms with Gasteiger partial charge in [-0.2, -0.15) is 0 Å². The van der Waals surface area contributed by atoms with Crippen molar-refractivity contribution in [2.75, 3.05) is 5.32 Å². The molecule has 1 heterocycles. The predicted molar refractivity (Wildman–Crippen MR) is 154 cm³/mol. The van der Waals surface area contributed by atoms with Crippen LogP contribution in [0.1, 0.15) is 30.7 Å². The number of nitrogens with two attached hydrogens (primary N) is 1. The van der Waals surface area contributed by atoms with Crippen LogP contribution < -0.4 is 16.4 Å². The highest BCUT2D eigenvalue weighted by Crippen LogP contribution is 2.40. The number of pyridine rings is 1. The molecule has 2 aromatic carbocycles. The molecule has 1 atom stereocenters. The van der Waals surface area contributed by atoms with E-state index in [1.54, 1.807) is 18.2 Å². The minimum absolute atomic E-state index is 0. The number of allylic oxidation sites excluding steroid dienone is 1. The van der Waals surface area contributed by atoms with Gasteiger partial charge in [-0.1, -0.05) is 73.1 Å². The van der Waals surface area contributed by atoms with Crippen molar-refractivity contribution in [3.63, 3.8) is 0 Å². The number of carbonyl (C=O) groups excluding carboxylic acids is 2. The molecule has 0 aliphatic rings. The number of carbonyl (C=O) groups is 2. The van der Waals surface area contributed by atoms with E-state index in [-0.39, 0.29) is 43.2 Å². The van der Waals surface area contributed by atoms with Crippen molar-refractivity contribution in [2.45, 2.75) is 25.8 Å². The number of aromatic nitrogens is 1. The highest BCUT2D eigenvalue weighted by molar-refractivity contribution is 6.38. The number of nitrogens with zero attached hydrogens (tertiary/aromatic N) is 1. The molecule has 2 amide bonds. The molecule has 0 saturated carbocycles. The smallest absolute Gasteiger partial charge is 0.255 e. The largest absolute Gasteiger partial charge is 0.505 e. The van der Waals surface area contributed by atoms with Gasteiger partial charge in [-0.05, 0) is 30.2 Å². The molecular formula is C25H30Cl4N4O4. The van der Waals surface area contributed by atoms with Gasteiger partial charge in [0.2, 0.25) is 5.91 Å². The number of phenolic OH excluding ortho intramolecular Hbond substituents is 2. The van der Waals surface area contributed by atoms with Gasteiger partial charge in [-0.25, -0.2) is 4.98 Å². The molecule has 6 N–H and O–H groups in total. The second kappa shape index (κ2) is 16.6. The summed E-state index contributed by atoms with van der Waals surface area (Å²) in [6, 6.07) is 14.2. The molecule has 0 fully saturated rings. The standard InChI is InChI=1S/C21H17Cl2N3O4.C4H9N.2ClH.H2/c22-14-11-13(18(27)17(23)19(14)28)20(29)25-15(10-12-6-2-1-3-7-12)21(30)26-16-8-4-5-9-24-16;1-3-4(2)5;;;/h1-9,11,15,27-28H,10H2,(H,25,29)(H,24,26,30);2-3,5H2,1H3;3*1H/t15-;;;;/m1..../s1. The molecule has 3 rings (SSSR count). The van der Waals surface area contributed by atoms with Crippen LogP contribution in [0, 0.1) is 0 Å². The molecule has 0 unspecified atom stereocenters. The minimum Gasteiger partial charge on any atom is -0.505 e. The molecule has 0 saturated heterocycles. The summed E-state index contributed by atoms with van der Waals surface area (Å²) in [6.07, 6.45) is 2.60. The molecule has 1 aromatic heterocycles. The fourth-order valence-electron chi connectivity index (χ4n) is 2.72. The predicted octanol–water partition coefficient (Wildman–Crippen LogP) is 5.74. The third kappa shape index (κ3) is 10.4. The topological polar surface area (TPSA) is 138 Å². The maximum Gasteiger partial charge on any atom is 0.255 e. The molecule has 0 aliphatic heterocycles. The summed E-state index contributed by atoms with van der Waals surface area (Å²) in [7, 11) is 0. The first-order valence-corrected chi connectivity index (χ1v) is 11.3. The normalized spacial score (nSPS) is 10.4. The van der Waals surface area contributed by atoms with E-state index in [0.717, 1.165) is 23.7 Å². The number of nitrogens with one attached hydrogen (secondary N) is 2. The van der Waals surface area contributed by atoms with E-state index in [1.807, 2.05) is 37.3 Å². The third-order valence-electron chi connectivity index (χ3n) is 4.69. The number of aromatic hydroxyl groups is 2. The van der Waals surface area contributed by atoms with Crippen LogP contribution >= 0.6 is 48.0 Å². The van der Waals surface area contributed by atoms with Crippen molar-refractivity contribution in [2.24, 2.45) is 5.73 Å². The SMILES string of the molecule is C=C(N)CC.Cl.Cl.O=C(N[C@H](Cc1ccccc1)C(=O)Nc1ccccn1)c1cc(Cl)c(O)c(Cl)c1O.[HH]. The van der Waals surface area contributed by atoms with Crippen molar-refractivity contribution < 1.29 is 21.2 Å². The highest BCUT2D eigenvalue weighted by Gasteiger charge is 2.26. The quantitative estimate of drug-likeness (QED) is 0.238. The molecule has 0 spiro atoms. The Labute approximate surface area is 239 Å². The molecule has 0 bridgehead atoms. The lowest BCUT2D eigenvalue weighted by Gasteiger charge is -2.19. The highest BCUT2D eigenvalue weighted by atomic mass is 35.5. The Kier molecular flexibility index (Phi) is 15.1. The fraction of sp³-hybridized carbons (Fsp3) is 0.160. The van der Waals surface area contributed by atoms with E-state index >= 15 is 0 Å². The molecule has 12 heteroatoms. The Hall–Kier alpha value is -3.17. The van der Waals surface area contributed by atoms with Crippen LogP contribution in [0.25, 0.3) is 0 Å². The average molecular weight is 592 g/mol. The van der Waals surface area contributed by atoms with Gasteiger partial charge in [0.25, 0.3) is 5.91 Å². The Bertz CT molecular complexity index is 1190. The van der Waals surface area contributed by atoms with Crippen LogP contribution in [0.5, 0.6) is 11.5 Å². The molecule has 3 aromatic rings. The maximum absolute atomic E-state index is 12.8. The Morgan fingerprint density at radius 2 is 1.68 bits per heavy atom. The lowest BCUT2D eigenvalue weighted by molar-refractivity contribution is -0.118. The van der Waals surface area contributed by atoms with Crippen molar-refractivity contribution >= 4 is 65.6 Å². The summed E-state index contributed by atoms with van der Waals surface area (Å²) in [5.74, 6) is -2.14. The summed E-state index contributed by atoms with van der Waals surface area (Å²) in [6.45, 7) is 5.43. The summed E-state index contributed by atoms with van der Waals surface area (Å²) in [5.41, 5.74) is 6.39.